The van der Waals surface area contributed by atoms with Crippen LogP contribution in [-0.4, -0.2) is 11.0 Å². The second-order valence-corrected chi connectivity index (χ2v) is 4.73. The lowest BCUT2D eigenvalue weighted by atomic mass is 9.86. The largest absolute Gasteiger partial charge is 0.367 e. The van der Waals surface area contributed by atoms with Gasteiger partial charge in [0.25, 0.3) is 0 Å². The van der Waals surface area contributed by atoms with E-state index in [0.717, 1.165) is 11.7 Å². The summed E-state index contributed by atoms with van der Waals surface area (Å²) in [4.78, 5) is 4.36. The molecule has 1 heterocycles. The van der Waals surface area contributed by atoms with E-state index in [-0.39, 0.29) is 0 Å². The Morgan fingerprint density at radius 2 is 2.13 bits per heavy atom. The molecule has 0 aliphatic heterocycles. The number of anilines is 1. The smallest absolute Gasteiger partial charge is 0.126 e. The van der Waals surface area contributed by atoms with Crippen molar-refractivity contribution in [1.82, 2.24) is 4.98 Å². The second kappa shape index (κ2) is 4.65. The van der Waals surface area contributed by atoms with Gasteiger partial charge in [-0.3, -0.25) is 0 Å². The molecule has 2 heteroatoms. The molecule has 2 nitrogen and oxygen atoms in total. The highest BCUT2D eigenvalue weighted by molar-refractivity contribution is 5.38. The number of nitrogens with one attached hydrogen (secondary N) is 1. The van der Waals surface area contributed by atoms with Crippen molar-refractivity contribution in [2.75, 3.05) is 5.32 Å². The van der Waals surface area contributed by atoms with E-state index in [0.29, 0.717) is 6.04 Å². The third kappa shape index (κ3) is 2.71. The van der Waals surface area contributed by atoms with Crippen LogP contribution in [0, 0.1) is 12.8 Å². The molecule has 1 saturated carbocycles. The molecule has 0 saturated heterocycles. The van der Waals surface area contributed by atoms with E-state index in [1.807, 2.05) is 12.3 Å². The molecule has 0 aromatic carbocycles. The van der Waals surface area contributed by atoms with Crippen molar-refractivity contribution in [1.29, 1.82) is 0 Å². The monoisotopic (exact) mass is 204 g/mol. The molecule has 1 N–H and O–H groups in total. The highest BCUT2D eigenvalue weighted by atomic mass is 15.0. The first-order valence-electron chi connectivity index (χ1n) is 5.95. The quantitative estimate of drug-likeness (QED) is 0.798. The number of pyridine rings is 1. The molecule has 1 aliphatic carbocycles. The Hall–Kier alpha value is -1.05. The van der Waals surface area contributed by atoms with Crippen molar-refractivity contribution >= 4 is 5.82 Å². The first-order chi connectivity index (χ1) is 7.25. The molecule has 1 aromatic rings. The van der Waals surface area contributed by atoms with Gasteiger partial charge >= 0.3 is 0 Å². The van der Waals surface area contributed by atoms with Gasteiger partial charge in [-0.2, -0.15) is 0 Å². The molecular formula is C13H20N2. The minimum atomic E-state index is 0.619. The first-order valence-corrected chi connectivity index (χ1v) is 5.95. The lowest BCUT2D eigenvalue weighted by Gasteiger charge is -2.29. The van der Waals surface area contributed by atoms with Gasteiger partial charge in [0, 0.05) is 12.2 Å². The summed E-state index contributed by atoms with van der Waals surface area (Å²) in [5.74, 6) is 1.81. The molecule has 0 spiro atoms. The zero-order chi connectivity index (χ0) is 10.7. The molecule has 82 valence electrons. The Balaban J connectivity index is 2.01. The predicted octanol–water partition coefficient (Wildman–Crippen LogP) is 3.38. The Bertz CT molecular complexity index is 322. The van der Waals surface area contributed by atoms with Gasteiger partial charge in [-0.1, -0.05) is 19.8 Å². The Morgan fingerprint density at radius 1 is 1.33 bits per heavy atom. The van der Waals surface area contributed by atoms with Crippen LogP contribution in [0.15, 0.2) is 18.3 Å². The topological polar surface area (TPSA) is 24.9 Å². The third-order valence-electron chi connectivity index (χ3n) is 3.36. The number of hydrogen-bond donors (Lipinski definition) is 1. The molecule has 1 fully saturated rings. The normalized spacial score (nSPS) is 26.3. The van der Waals surface area contributed by atoms with E-state index in [2.05, 4.69) is 30.2 Å². The summed E-state index contributed by atoms with van der Waals surface area (Å²) in [5.41, 5.74) is 1.27. The molecule has 0 bridgehead atoms. The number of aryl methyl sites for hydroxylation is 1. The van der Waals surface area contributed by atoms with Crippen LogP contribution >= 0.6 is 0 Å². The zero-order valence-electron chi connectivity index (χ0n) is 9.66. The maximum Gasteiger partial charge on any atom is 0.126 e. The molecule has 2 rings (SSSR count). The fraction of sp³-hybridized carbons (Fsp3) is 0.615. The number of rotatable bonds is 2. The van der Waals surface area contributed by atoms with Crippen LogP contribution in [0.2, 0.25) is 0 Å². The molecule has 1 aromatic heterocycles. The Morgan fingerprint density at radius 3 is 2.87 bits per heavy atom. The van der Waals surface area contributed by atoms with E-state index in [9.17, 15) is 0 Å². The second-order valence-electron chi connectivity index (χ2n) is 4.73. The fourth-order valence-electron chi connectivity index (χ4n) is 2.34. The van der Waals surface area contributed by atoms with Crippen molar-refractivity contribution in [2.24, 2.45) is 5.92 Å². The summed E-state index contributed by atoms with van der Waals surface area (Å²) in [6.45, 7) is 4.45. The molecular weight excluding hydrogens is 184 g/mol. The molecule has 15 heavy (non-hydrogen) atoms. The van der Waals surface area contributed by atoms with Gasteiger partial charge in [0.1, 0.15) is 5.82 Å². The molecule has 1 aliphatic rings. The Kier molecular flexibility index (Phi) is 3.24. The van der Waals surface area contributed by atoms with E-state index in [4.69, 9.17) is 0 Å². The van der Waals surface area contributed by atoms with Crippen LogP contribution < -0.4 is 5.32 Å². The van der Waals surface area contributed by atoms with Crippen molar-refractivity contribution in [3.63, 3.8) is 0 Å². The average Bonchev–Trinajstić information content (AvgIpc) is 2.22. The minimum Gasteiger partial charge on any atom is -0.367 e. The average molecular weight is 204 g/mol. The first kappa shape index (κ1) is 10.5. The number of hydrogen-bond acceptors (Lipinski definition) is 2. The molecule has 2 unspecified atom stereocenters. The number of aromatic nitrogens is 1. The summed E-state index contributed by atoms with van der Waals surface area (Å²) in [6, 6.07) is 4.78. The predicted molar refractivity (Wildman–Crippen MR) is 64.0 cm³/mol. The third-order valence-corrected chi connectivity index (χ3v) is 3.36. The van der Waals surface area contributed by atoms with Crippen LogP contribution in [0.5, 0.6) is 0 Å². The summed E-state index contributed by atoms with van der Waals surface area (Å²) in [6.07, 6.45) is 7.26. The van der Waals surface area contributed by atoms with Crippen LogP contribution in [0.3, 0.4) is 0 Å². The van der Waals surface area contributed by atoms with Crippen molar-refractivity contribution in [2.45, 2.75) is 45.6 Å². The van der Waals surface area contributed by atoms with Gasteiger partial charge in [0.2, 0.25) is 0 Å². The zero-order valence-corrected chi connectivity index (χ0v) is 9.66. The maximum absolute atomic E-state index is 4.36. The van der Waals surface area contributed by atoms with Crippen LogP contribution in [0.25, 0.3) is 0 Å². The maximum atomic E-state index is 4.36. The lowest BCUT2D eigenvalue weighted by molar-refractivity contribution is 0.349. The summed E-state index contributed by atoms with van der Waals surface area (Å²) < 4.78 is 0. The van der Waals surface area contributed by atoms with Gasteiger partial charge in [0.05, 0.1) is 0 Å². The summed E-state index contributed by atoms with van der Waals surface area (Å²) in [7, 11) is 0. The SMILES string of the molecule is Cc1ccnc(NC2CCCCC2C)c1. The van der Waals surface area contributed by atoms with Gasteiger partial charge in [-0.25, -0.2) is 4.98 Å². The van der Waals surface area contributed by atoms with E-state index >= 15 is 0 Å². The minimum absolute atomic E-state index is 0.619. The molecule has 0 radical (unpaired) electrons. The van der Waals surface area contributed by atoms with Crippen LogP contribution in [0.1, 0.15) is 38.2 Å². The standard InChI is InChI=1S/C13H20N2/c1-10-7-8-14-13(9-10)15-12-6-4-3-5-11(12)2/h7-9,11-12H,3-6H2,1-2H3,(H,14,15). The van der Waals surface area contributed by atoms with Crippen LogP contribution in [-0.2, 0) is 0 Å². The van der Waals surface area contributed by atoms with Crippen LogP contribution in [0.4, 0.5) is 5.82 Å². The van der Waals surface area contributed by atoms with Crippen molar-refractivity contribution in [3.8, 4) is 0 Å². The van der Waals surface area contributed by atoms with Crippen molar-refractivity contribution < 1.29 is 0 Å². The lowest BCUT2D eigenvalue weighted by Crippen LogP contribution is -2.30. The van der Waals surface area contributed by atoms with E-state index in [1.165, 1.54) is 31.2 Å². The molecule has 0 amide bonds. The van der Waals surface area contributed by atoms with Gasteiger partial charge < -0.3 is 5.32 Å². The summed E-state index contributed by atoms with van der Waals surface area (Å²) in [5, 5.41) is 3.56. The molecule has 2 atom stereocenters. The van der Waals surface area contributed by atoms with E-state index in [1.54, 1.807) is 0 Å². The summed E-state index contributed by atoms with van der Waals surface area (Å²) >= 11 is 0. The highest BCUT2D eigenvalue weighted by Gasteiger charge is 2.20. The Labute approximate surface area is 92.1 Å². The van der Waals surface area contributed by atoms with Crippen molar-refractivity contribution in [3.05, 3.63) is 23.9 Å². The van der Waals surface area contributed by atoms with E-state index < -0.39 is 0 Å². The van der Waals surface area contributed by atoms with Gasteiger partial charge in [-0.15, -0.1) is 0 Å². The van der Waals surface area contributed by atoms with Gasteiger partial charge in [-0.05, 0) is 43.4 Å². The fourth-order valence-corrected chi connectivity index (χ4v) is 2.34. The number of nitrogens with zero attached hydrogens (tertiary/aromatic N) is 1. The van der Waals surface area contributed by atoms with Gasteiger partial charge in [0.15, 0.2) is 0 Å². The highest BCUT2D eigenvalue weighted by Crippen LogP contribution is 2.26.